The SMILES string of the molecule is CC1SC(C2CCN(C(=O)O)CC2)=NC1CC(=O)NC(C(=O)N1C[C@]2(C[C@H]1C(=O)NC(CC1CCC1)C(=O)C(N)=O)C(C)(C)C21CCC1)C(C)(C)C. The predicted octanol–water partition coefficient (Wildman–Crippen LogP) is 3.73. The number of Topliss-reactive ketones (excluding diaryl/α,β-unsaturated/α-hetero) is 1. The Morgan fingerprint density at radius 2 is 1.65 bits per heavy atom. The number of amides is 5. The maximum atomic E-state index is 14.8. The largest absolute Gasteiger partial charge is 0.465 e. The molecule has 6 aliphatic rings. The van der Waals surface area contributed by atoms with E-state index in [4.69, 9.17) is 10.7 Å². The molecule has 3 aliphatic carbocycles. The lowest BCUT2D eigenvalue weighted by Crippen LogP contribution is -2.59. The van der Waals surface area contributed by atoms with Crippen molar-refractivity contribution >= 4 is 52.3 Å². The molecule has 14 heteroatoms. The van der Waals surface area contributed by atoms with Crippen LogP contribution in [0.25, 0.3) is 0 Å². The van der Waals surface area contributed by atoms with Crippen molar-refractivity contribution in [2.75, 3.05) is 19.6 Å². The molecule has 0 radical (unpaired) electrons. The van der Waals surface area contributed by atoms with Gasteiger partial charge in [0.1, 0.15) is 12.1 Å². The maximum absolute atomic E-state index is 14.8. The van der Waals surface area contributed by atoms with Crippen molar-refractivity contribution in [2.24, 2.45) is 44.2 Å². The number of nitrogens with zero attached hydrogens (tertiary/aromatic N) is 3. The lowest BCUT2D eigenvalue weighted by atomic mass is 9.73. The first-order valence-corrected chi connectivity index (χ1v) is 20.2. The van der Waals surface area contributed by atoms with Gasteiger partial charge in [-0.25, -0.2) is 4.79 Å². The van der Waals surface area contributed by atoms with Crippen LogP contribution >= 0.6 is 11.8 Å². The summed E-state index contributed by atoms with van der Waals surface area (Å²) in [5.41, 5.74) is 4.42. The number of nitrogens with two attached hydrogens (primary N) is 1. The molecule has 4 unspecified atom stereocenters. The zero-order valence-corrected chi connectivity index (χ0v) is 32.5. The quantitative estimate of drug-likeness (QED) is 0.230. The van der Waals surface area contributed by atoms with Crippen molar-refractivity contribution in [2.45, 2.75) is 142 Å². The Bertz CT molecular complexity index is 1530. The zero-order valence-electron chi connectivity index (χ0n) is 31.7. The van der Waals surface area contributed by atoms with E-state index < -0.39 is 47.2 Å². The van der Waals surface area contributed by atoms with Gasteiger partial charge in [0, 0.05) is 36.2 Å². The number of aliphatic imine (C=N–C) groups is 1. The Kier molecular flexibility index (Phi) is 10.3. The number of carboxylic acid groups (broad SMARTS) is 1. The second-order valence-corrected chi connectivity index (χ2v) is 19.5. The first kappa shape index (κ1) is 38.6. The summed E-state index contributed by atoms with van der Waals surface area (Å²) in [6.45, 7) is 13.5. The van der Waals surface area contributed by atoms with Crippen LogP contribution in [-0.2, 0) is 24.0 Å². The van der Waals surface area contributed by atoms with Crippen LogP contribution in [0.5, 0.6) is 0 Å². The van der Waals surface area contributed by atoms with Crippen molar-refractivity contribution in [3.8, 4) is 0 Å². The number of carbonyl (C=O) groups is 6. The van der Waals surface area contributed by atoms with E-state index in [1.54, 1.807) is 16.7 Å². The molecule has 0 bridgehead atoms. The van der Waals surface area contributed by atoms with Gasteiger partial charge >= 0.3 is 6.09 Å². The number of hydrogen-bond donors (Lipinski definition) is 4. The molecule has 5 fully saturated rings. The summed E-state index contributed by atoms with van der Waals surface area (Å²) in [6, 6.07) is -3.09. The number of ketones is 1. The van der Waals surface area contributed by atoms with E-state index in [9.17, 15) is 33.9 Å². The van der Waals surface area contributed by atoms with Crippen LogP contribution in [0.4, 0.5) is 4.79 Å². The van der Waals surface area contributed by atoms with Crippen molar-refractivity contribution in [1.82, 2.24) is 20.4 Å². The molecular weight excluding hydrogens is 685 g/mol. The van der Waals surface area contributed by atoms with Gasteiger partial charge in [-0.05, 0) is 60.7 Å². The normalized spacial score (nSPS) is 30.6. The van der Waals surface area contributed by atoms with Crippen LogP contribution in [0, 0.1) is 33.5 Å². The van der Waals surface area contributed by atoms with Crippen LogP contribution in [0.3, 0.4) is 0 Å². The third-order valence-corrected chi connectivity index (χ3v) is 15.5. The summed E-state index contributed by atoms with van der Waals surface area (Å²) in [5.74, 6) is -2.56. The summed E-state index contributed by atoms with van der Waals surface area (Å²) < 4.78 is 0. The van der Waals surface area contributed by atoms with E-state index in [0.717, 1.165) is 43.6 Å². The molecule has 0 aromatic heterocycles. The average molecular weight is 743 g/mol. The molecule has 3 aliphatic heterocycles. The summed E-state index contributed by atoms with van der Waals surface area (Å²) >= 11 is 1.65. The molecule has 13 nitrogen and oxygen atoms in total. The maximum Gasteiger partial charge on any atom is 0.407 e. The molecule has 6 atom stereocenters. The number of rotatable bonds is 11. The summed E-state index contributed by atoms with van der Waals surface area (Å²) in [5, 5.41) is 16.3. The molecule has 3 heterocycles. The monoisotopic (exact) mass is 742 g/mol. The third kappa shape index (κ3) is 6.63. The number of carbonyl (C=O) groups excluding carboxylic acids is 5. The average Bonchev–Trinajstić information content (AvgIpc) is 3.36. The fraction of sp³-hybridized carbons (Fsp3) is 0.816. The van der Waals surface area contributed by atoms with Crippen molar-refractivity contribution in [3.05, 3.63) is 0 Å². The predicted molar refractivity (Wildman–Crippen MR) is 197 cm³/mol. The number of piperidine rings is 1. The standard InChI is InChI=1S/C38H58N6O7S/c1-21-24(41-32(52-21)23-11-15-43(16-12-23)34(50)51)18-27(45)42-29(35(2,3)4)33(49)44-20-38(36(5,6)37(38)13-8-14-37)19-26(44)31(48)40-25(28(46)30(39)47)17-22-9-7-10-22/h21-26,29H,7-20H2,1-6H3,(H2,39,47)(H,40,48)(H,42,45)(H,50,51)/t21?,24?,25?,26-,29?,38+/m0/s1. The first-order chi connectivity index (χ1) is 24.3. The number of fused-ring (bicyclic) bond motifs is 1. The highest BCUT2D eigenvalue weighted by Crippen LogP contribution is 2.88. The number of hydrogen-bond acceptors (Lipinski definition) is 8. The summed E-state index contributed by atoms with van der Waals surface area (Å²) in [4.78, 5) is 87.1. The van der Waals surface area contributed by atoms with E-state index in [-0.39, 0.29) is 57.6 Å². The minimum atomic E-state index is -1.08. The van der Waals surface area contributed by atoms with Gasteiger partial charge in [0.05, 0.1) is 23.5 Å². The van der Waals surface area contributed by atoms with Crippen molar-refractivity contribution < 1.29 is 33.9 Å². The Morgan fingerprint density at radius 1 is 1.00 bits per heavy atom. The highest BCUT2D eigenvalue weighted by atomic mass is 32.2. The summed E-state index contributed by atoms with van der Waals surface area (Å²) in [6.07, 6.45) is 7.49. The molecule has 2 spiro atoms. The van der Waals surface area contributed by atoms with Crippen LogP contribution in [0.1, 0.15) is 112 Å². The van der Waals surface area contributed by atoms with Crippen LogP contribution in [0.2, 0.25) is 0 Å². The lowest BCUT2D eigenvalue weighted by molar-refractivity contribution is -0.145. The van der Waals surface area contributed by atoms with E-state index in [2.05, 4.69) is 24.5 Å². The number of primary amides is 1. The Hall–Kier alpha value is -3.16. The molecule has 2 saturated heterocycles. The Labute approximate surface area is 311 Å². The number of nitrogens with one attached hydrogen (secondary N) is 2. The van der Waals surface area contributed by atoms with Crippen molar-refractivity contribution in [3.63, 3.8) is 0 Å². The molecule has 3 saturated carbocycles. The van der Waals surface area contributed by atoms with E-state index >= 15 is 0 Å². The fourth-order valence-corrected chi connectivity index (χ4v) is 11.6. The number of thioether (sulfide) groups is 1. The molecule has 0 aromatic rings. The second kappa shape index (κ2) is 13.9. The Balaban J connectivity index is 1.19. The highest BCUT2D eigenvalue weighted by molar-refractivity contribution is 8.14. The fourth-order valence-electron chi connectivity index (χ4n) is 10.3. The summed E-state index contributed by atoms with van der Waals surface area (Å²) in [7, 11) is 0. The zero-order chi connectivity index (χ0) is 38.0. The molecule has 5 N–H and O–H groups in total. The molecule has 52 heavy (non-hydrogen) atoms. The number of likely N-dealkylation sites (tertiary alicyclic amines) is 2. The van der Waals surface area contributed by atoms with E-state index in [1.165, 1.54) is 4.90 Å². The minimum absolute atomic E-state index is 0.0403. The van der Waals surface area contributed by atoms with Gasteiger partial charge in [0.25, 0.3) is 5.91 Å². The van der Waals surface area contributed by atoms with Crippen molar-refractivity contribution in [1.29, 1.82) is 0 Å². The topological polar surface area (TPSA) is 192 Å². The molecule has 0 aromatic carbocycles. The van der Waals surface area contributed by atoms with E-state index in [0.29, 0.717) is 45.3 Å². The smallest absolute Gasteiger partial charge is 0.407 e. The van der Waals surface area contributed by atoms with Gasteiger partial charge in [-0.3, -0.25) is 29.0 Å². The molecule has 288 valence electrons. The first-order valence-electron chi connectivity index (χ1n) is 19.3. The van der Waals surface area contributed by atoms with Gasteiger partial charge in [-0.15, -0.1) is 11.8 Å². The van der Waals surface area contributed by atoms with Gasteiger partial charge in [0.2, 0.25) is 23.5 Å². The van der Waals surface area contributed by atoms with E-state index in [1.807, 2.05) is 27.7 Å². The minimum Gasteiger partial charge on any atom is -0.465 e. The molecule has 5 amide bonds. The van der Waals surface area contributed by atoms with Crippen LogP contribution in [-0.4, -0.2) is 105 Å². The van der Waals surface area contributed by atoms with Gasteiger partial charge in [-0.1, -0.05) is 67.2 Å². The second-order valence-electron chi connectivity index (χ2n) is 18.1. The lowest BCUT2D eigenvalue weighted by Gasteiger charge is -2.36. The van der Waals surface area contributed by atoms with Gasteiger partial charge in [0.15, 0.2) is 0 Å². The Morgan fingerprint density at radius 3 is 2.15 bits per heavy atom. The van der Waals surface area contributed by atoms with Gasteiger partial charge in [-0.2, -0.15) is 0 Å². The van der Waals surface area contributed by atoms with Crippen LogP contribution < -0.4 is 16.4 Å². The highest BCUT2D eigenvalue weighted by Gasteiger charge is 2.85. The third-order valence-electron chi connectivity index (χ3n) is 14.1. The molecular formula is C38H58N6O7S. The van der Waals surface area contributed by atoms with Gasteiger partial charge < -0.3 is 31.3 Å². The molecule has 6 rings (SSSR count). The van der Waals surface area contributed by atoms with Crippen LogP contribution in [0.15, 0.2) is 4.99 Å².